The number of nitrogens with zero attached hydrogens (tertiary/aromatic N) is 1. The zero-order valence-electron chi connectivity index (χ0n) is 7.88. The molecule has 0 aromatic heterocycles. The van der Waals surface area contributed by atoms with Crippen molar-refractivity contribution in [1.82, 2.24) is 0 Å². The van der Waals surface area contributed by atoms with Crippen LogP contribution in [0.25, 0.3) is 0 Å². The summed E-state index contributed by atoms with van der Waals surface area (Å²) in [4.78, 5) is 10.8. The lowest BCUT2D eigenvalue weighted by atomic mass is 10.1. The Kier molecular flexibility index (Phi) is 4.45. The number of carboxylic acid groups (broad SMARTS) is 1. The summed E-state index contributed by atoms with van der Waals surface area (Å²) in [5.74, 6) is -0.985. The molecular formula is C11H9NO2S. The first-order chi connectivity index (χ1) is 7.24. The predicted octanol–water partition coefficient (Wildman–Crippen LogP) is 2.41. The van der Waals surface area contributed by atoms with E-state index >= 15 is 0 Å². The number of rotatable bonds is 4. The summed E-state index contributed by atoms with van der Waals surface area (Å²) in [6, 6.07) is 9.29. The Balaban J connectivity index is 2.77. The average molecular weight is 219 g/mol. The number of hydrogen-bond acceptors (Lipinski definition) is 3. The van der Waals surface area contributed by atoms with Crippen molar-refractivity contribution in [1.29, 1.82) is 5.26 Å². The SMILES string of the molecule is N#CS/C=C(/Cc1ccccc1)C(=O)O. The van der Waals surface area contributed by atoms with E-state index in [-0.39, 0.29) is 5.57 Å². The fraction of sp³-hybridized carbons (Fsp3) is 0.0909. The van der Waals surface area contributed by atoms with Crippen molar-refractivity contribution in [2.75, 3.05) is 0 Å². The van der Waals surface area contributed by atoms with Crippen molar-refractivity contribution in [3.63, 3.8) is 0 Å². The third-order valence-corrected chi connectivity index (χ3v) is 2.27. The Morgan fingerprint density at radius 1 is 1.47 bits per heavy atom. The molecule has 1 aromatic rings. The summed E-state index contributed by atoms with van der Waals surface area (Å²) in [6.45, 7) is 0. The zero-order valence-corrected chi connectivity index (χ0v) is 8.70. The number of hydrogen-bond donors (Lipinski definition) is 1. The Labute approximate surface area is 92.0 Å². The van der Waals surface area contributed by atoms with Crippen LogP contribution in [0.5, 0.6) is 0 Å². The smallest absolute Gasteiger partial charge is 0.332 e. The highest BCUT2D eigenvalue weighted by molar-refractivity contribution is 8.06. The number of nitriles is 1. The molecule has 4 heteroatoms. The van der Waals surface area contributed by atoms with Gasteiger partial charge in [0.15, 0.2) is 0 Å². The molecular weight excluding hydrogens is 210 g/mol. The van der Waals surface area contributed by atoms with Gasteiger partial charge in [-0.25, -0.2) is 4.79 Å². The maximum atomic E-state index is 10.8. The predicted molar refractivity (Wildman–Crippen MR) is 59.1 cm³/mol. The van der Waals surface area contributed by atoms with E-state index in [9.17, 15) is 4.79 Å². The van der Waals surface area contributed by atoms with Gasteiger partial charge in [-0.2, -0.15) is 5.26 Å². The van der Waals surface area contributed by atoms with Crippen molar-refractivity contribution in [2.24, 2.45) is 0 Å². The summed E-state index contributed by atoms with van der Waals surface area (Å²) in [5, 5.41) is 20.4. The van der Waals surface area contributed by atoms with E-state index in [4.69, 9.17) is 10.4 Å². The third kappa shape index (κ3) is 3.88. The zero-order chi connectivity index (χ0) is 11.1. The van der Waals surface area contributed by atoms with Gasteiger partial charge in [0.25, 0.3) is 0 Å². The van der Waals surface area contributed by atoms with Gasteiger partial charge in [0.05, 0.1) is 0 Å². The first-order valence-corrected chi connectivity index (χ1v) is 5.13. The van der Waals surface area contributed by atoms with Gasteiger partial charge in [-0.1, -0.05) is 30.3 Å². The van der Waals surface area contributed by atoms with Crippen LogP contribution in [-0.2, 0) is 11.2 Å². The minimum Gasteiger partial charge on any atom is -0.478 e. The summed E-state index contributed by atoms with van der Waals surface area (Å²) in [5.41, 5.74) is 1.15. The molecule has 0 atom stereocenters. The molecule has 1 N–H and O–H groups in total. The van der Waals surface area contributed by atoms with Gasteiger partial charge in [0.2, 0.25) is 0 Å². The van der Waals surface area contributed by atoms with Gasteiger partial charge in [-0.05, 0) is 22.7 Å². The van der Waals surface area contributed by atoms with Crippen molar-refractivity contribution < 1.29 is 9.90 Å². The second-order valence-electron chi connectivity index (χ2n) is 2.82. The number of thiocyanates is 1. The van der Waals surface area contributed by atoms with Gasteiger partial charge in [-0.15, -0.1) is 0 Å². The molecule has 0 bridgehead atoms. The highest BCUT2D eigenvalue weighted by Gasteiger charge is 2.07. The molecule has 0 fully saturated rings. The van der Waals surface area contributed by atoms with Crippen LogP contribution in [0.4, 0.5) is 0 Å². The molecule has 0 amide bonds. The second-order valence-corrected chi connectivity index (χ2v) is 3.47. The van der Waals surface area contributed by atoms with Crippen LogP contribution in [0.2, 0.25) is 0 Å². The largest absolute Gasteiger partial charge is 0.478 e. The van der Waals surface area contributed by atoms with Crippen LogP contribution in [0.15, 0.2) is 41.3 Å². The molecule has 0 saturated heterocycles. The van der Waals surface area contributed by atoms with Gasteiger partial charge in [0.1, 0.15) is 5.40 Å². The number of aliphatic carboxylic acids is 1. The molecule has 0 heterocycles. The normalized spacial score (nSPS) is 10.7. The van der Waals surface area contributed by atoms with Crippen molar-refractivity contribution in [2.45, 2.75) is 6.42 Å². The van der Waals surface area contributed by atoms with Crippen molar-refractivity contribution >= 4 is 17.7 Å². The molecule has 1 rings (SSSR count). The molecule has 0 radical (unpaired) electrons. The van der Waals surface area contributed by atoms with Crippen LogP contribution in [-0.4, -0.2) is 11.1 Å². The molecule has 0 aliphatic carbocycles. The van der Waals surface area contributed by atoms with Crippen molar-refractivity contribution in [3.8, 4) is 5.40 Å². The molecule has 15 heavy (non-hydrogen) atoms. The van der Waals surface area contributed by atoms with E-state index in [1.165, 1.54) is 5.41 Å². The fourth-order valence-electron chi connectivity index (χ4n) is 1.08. The Hall–Kier alpha value is -1.73. The average Bonchev–Trinajstić information content (AvgIpc) is 2.25. The summed E-state index contributed by atoms with van der Waals surface area (Å²) in [6.07, 6.45) is 0.338. The Morgan fingerprint density at radius 3 is 2.67 bits per heavy atom. The van der Waals surface area contributed by atoms with E-state index < -0.39 is 5.97 Å². The van der Waals surface area contributed by atoms with E-state index in [0.717, 1.165) is 17.3 Å². The number of thioether (sulfide) groups is 1. The highest BCUT2D eigenvalue weighted by atomic mass is 32.2. The van der Waals surface area contributed by atoms with Crippen LogP contribution in [0, 0.1) is 10.7 Å². The molecule has 0 aliphatic rings. The topological polar surface area (TPSA) is 61.1 Å². The quantitative estimate of drug-likeness (QED) is 0.624. The molecule has 76 valence electrons. The molecule has 0 spiro atoms. The lowest BCUT2D eigenvalue weighted by molar-refractivity contribution is -0.132. The standard InChI is InChI=1S/C11H9NO2S/c12-8-15-7-10(11(13)14)6-9-4-2-1-3-5-9/h1-5,7H,6H2,(H,13,14)/b10-7-. The lowest BCUT2D eigenvalue weighted by Crippen LogP contribution is -2.03. The van der Waals surface area contributed by atoms with Gasteiger partial charge < -0.3 is 5.11 Å². The summed E-state index contributed by atoms with van der Waals surface area (Å²) < 4.78 is 0. The van der Waals surface area contributed by atoms with E-state index in [0.29, 0.717) is 6.42 Å². The first kappa shape index (κ1) is 11.3. The third-order valence-electron chi connectivity index (χ3n) is 1.77. The molecule has 0 unspecified atom stereocenters. The van der Waals surface area contributed by atoms with Crippen LogP contribution < -0.4 is 0 Å². The van der Waals surface area contributed by atoms with E-state index in [1.54, 1.807) is 0 Å². The van der Waals surface area contributed by atoms with Gasteiger partial charge in [0, 0.05) is 12.0 Å². The summed E-state index contributed by atoms with van der Waals surface area (Å²) >= 11 is 0.826. The minimum atomic E-state index is -0.985. The molecule has 0 saturated carbocycles. The van der Waals surface area contributed by atoms with E-state index in [1.807, 2.05) is 35.7 Å². The maximum Gasteiger partial charge on any atom is 0.332 e. The van der Waals surface area contributed by atoms with Gasteiger partial charge >= 0.3 is 5.97 Å². The van der Waals surface area contributed by atoms with Crippen LogP contribution >= 0.6 is 11.8 Å². The fourth-order valence-corrected chi connectivity index (χ4v) is 1.46. The molecule has 3 nitrogen and oxygen atoms in total. The summed E-state index contributed by atoms with van der Waals surface area (Å²) in [7, 11) is 0. The monoisotopic (exact) mass is 219 g/mol. The van der Waals surface area contributed by atoms with Crippen LogP contribution in [0.1, 0.15) is 5.56 Å². The Bertz CT molecular complexity index is 406. The molecule has 0 aliphatic heterocycles. The van der Waals surface area contributed by atoms with Gasteiger partial charge in [-0.3, -0.25) is 0 Å². The number of benzene rings is 1. The Morgan fingerprint density at radius 2 is 2.13 bits per heavy atom. The lowest BCUT2D eigenvalue weighted by Gasteiger charge is -2.01. The van der Waals surface area contributed by atoms with Crippen molar-refractivity contribution in [3.05, 3.63) is 46.9 Å². The minimum absolute atomic E-state index is 0.229. The van der Waals surface area contributed by atoms with E-state index in [2.05, 4.69) is 0 Å². The maximum absolute atomic E-state index is 10.8. The first-order valence-electron chi connectivity index (χ1n) is 4.25. The highest BCUT2D eigenvalue weighted by Crippen LogP contribution is 2.12. The second kappa shape index (κ2) is 5.89. The number of carboxylic acids is 1. The molecule has 1 aromatic carbocycles. The van der Waals surface area contributed by atoms with Crippen LogP contribution in [0.3, 0.4) is 0 Å². The number of carbonyl (C=O) groups is 1.